The molecule has 1 fully saturated rings. The molecule has 4 rings (SSSR count). The summed E-state index contributed by atoms with van der Waals surface area (Å²) in [5, 5.41) is 7.25. The molecule has 6 heteroatoms. The number of aromatic nitrogens is 2. The second kappa shape index (κ2) is 6.78. The van der Waals surface area contributed by atoms with Crippen molar-refractivity contribution in [3.05, 3.63) is 54.4 Å². The Morgan fingerprint density at radius 3 is 2.96 bits per heavy atom. The van der Waals surface area contributed by atoms with E-state index in [0.29, 0.717) is 17.8 Å². The Balaban J connectivity index is 1.55. The van der Waals surface area contributed by atoms with E-state index in [2.05, 4.69) is 17.0 Å². The number of carbonyl (C=O) groups is 2. The van der Waals surface area contributed by atoms with Gasteiger partial charge in [-0.25, -0.2) is 0 Å². The molecule has 6 nitrogen and oxygen atoms in total. The van der Waals surface area contributed by atoms with Gasteiger partial charge in [-0.15, -0.1) is 0 Å². The summed E-state index contributed by atoms with van der Waals surface area (Å²) < 4.78 is 1.89. The molecular weight excluding hydrogens is 328 g/mol. The minimum atomic E-state index is -0.166. The van der Waals surface area contributed by atoms with Gasteiger partial charge < -0.3 is 10.2 Å². The lowest BCUT2D eigenvalue weighted by molar-refractivity contribution is -0.114. The Morgan fingerprint density at radius 2 is 2.19 bits per heavy atom. The topological polar surface area (TPSA) is 67.2 Å². The summed E-state index contributed by atoms with van der Waals surface area (Å²) in [5.74, 6) is 0.429. The first kappa shape index (κ1) is 16.6. The zero-order valence-corrected chi connectivity index (χ0v) is 14.6. The molecule has 0 bridgehead atoms. The van der Waals surface area contributed by atoms with Crippen molar-refractivity contribution >= 4 is 23.2 Å². The molecule has 1 aliphatic heterocycles. The van der Waals surface area contributed by atoms with Crippen LogP contribution >= 0.6 is 0 Å². The Labute approximate surface area is 152 Å². The van der Waals surface area contributed by atoms with Crippen molar-refractivity contribution in [2.45, 2.75) is 32.2 Å². The van der Waals surface area contributed by atoms with Crippen LogP contribution in [-0.4, -0.2) is 28.1 Å². The Hall–Kier alpha value is -2.89. The van der Waals surface area contributed by atoms with Crippen LogP contribution in [0.25, 0.3) is 0 Å². The van der Waals surface area contributed by atoms with Crippen molar-refractivity contribution in [3.8, 4) is 0 Å². The van der Waals surface area contributed by atoms with Gasteiger partial charge in [0.2, 0.25) is 5.91 Å². The van der Waals surface area contributed by atoms with Crippen LogP contribution in [0.4, 0.5) is 11.4 Å². The summed E-state index contributed by atoms with van der Waals surface area (Å²) in [6.45, 7) is 5.13. The number of nitrogens with zero attached hydrogens (tertiary/aromatic N) is 3. The number of benzene rings is 1. The lowest BCUT2D eigenvalue weighted by atomic mass is 9.95. The maximum absolute atomic E-state index is 12.8. The van der Waals surface area contributed by atoms with Crippen LogP contribution in [0.2, 0.25) is 0 Å². The van der Waals surface area contributed by atoms with Gasteiger partial charge in [-0.1, -0.05) is 12.6 Å². The second-order valence-electron chi connectivity index (χ2n) is 6.95. The molecule has 0 saturated heterocycles. The third-order valence-electron chi connectivity index (χ3n) is 4.97. The zero-order valence-electron chi connectivity index (χ0n) is 14.6. The van der Waals surface area contributed by atoms with Crippen LogP contribution in [0.15, 0.2) is 43.2 Å². The highest BCUT2D eigenvalue weighted by molar-refractivity contribution is 6.08. The van der Waals surface area contributed by atoms with E-state index in [9.17, 15) is 9.59 Å². The van der Waals surface area contributed by atoms with Crippen LogP contribution in [0.3, 0.4) is 0 Å². The summed E-state index contributed by atoms with van der Waals surface area (Å²) in [4.78, 5) is 26.6. The molecule has 1 aromatic heterocycles. The molecule has 2 aliphatic rings. The SMILES string of the molecule is C=CC(=O)N1CCCc2c(C(=O)Nc3cnn(CC4CC4)c3)cccc21. The lowest BCUT2D eigenvalue weighted by Gasteiger charge is -2.29. The molecule has 0 radical (unpaired) electrons. The van der Waals surface area contributed by atoms with E-state index in [1.54, 1.807) is 11.1 Å². The fourth-order valence-corrected chi connectivity index (χ4v) is 3.47. The van der Waals surface area contributed by atoms with Gasteiger partial charge >= 0.3 is 0 Å². The van der Waals surface area contributed by atoms with Gasteiger partial charge in [-0.2, -0.15) is 5.10 Å². The molecule has 2 amide bonds. The van der Waals surface area contributed by atoms with Crippen molar-refractivity contribution in [2.24, 2.45) is 5.92 Å². The first-order valence-corrected chi connectivity index (χ1v) is 9.05. The number of hydrogen-bond acceptors (Lipinski definition) is 3. The average molecular weight is 350 g/mol. The zero-order chi connectivity index (χ0) is 18.1. The smallest absolute Gasteiger partial charge is 0.256 e. The molecule has 134 valence electrons. The number of nitrogens with one attached hydrogen (secondary N) is 1. The van der Waals surface area contributed by atoms with Crippen LogP contribution in [-0.2, 0) is 17.8 Å². The Morgan fingerprint density at radius 1 is 1.35 bits per heavy atom. The highest BCUT2D eigenvalue weighted by atomic mass is 16.2. The predicted octanol–water partition coefficient (Wildman–Crippen LogP) is 3.01. The average Bonchev–Trinajstić information content (AvgIpc) is 3.37. The predicted molar refractivity (Wildman–Crippen MR) is 100 cm³/mol. The van der Waals surface area contributed by atoms with E-state index >= 15 is 0 Å². The quantitative estimate of drug-likeness (QED) is 0.843. The van der Waals surface area contributed by atoms with Gasteiger partial charge in [0.25, 0.3) is 5.91 Å². The van der Waals surface area contributed by atoms with Gasteiger partial charge in [0.15, 0.2) is 0 Å². The maximum atomic E-state index is 12.8. The van der Waals surface area contributed by atoms with Crippen LogP contribution in [0, 0.1) is 5.92 Å². The number of carbonyl (C=O) groups excluding carboxylic acids is 2. The molecule has 1 saturated carbocycles. The molecule has 26 heavy (non-hydrogen) atoms. The largest absolute Gasteiger partial charge is 0.319 e. The highest BCUT2D eigenvalue weighted by Crippen LogP contribution is 2.31. The molecule has 2 aromatic rings. The standard InChI is InChI=1S/C20H22N4O2/c1-2-19(25)24-10-4-6-16-17(5-3-7-18(16)24)20(26)22-15-11-21-23(13-15)12-14-8-9-14/h2-3,5,7,11,13-14H,1,4,6,8-10,12H2,(H,22,26). The van der Waals surface area contributed by atoms with Crippen molar-refractivity contribution in [3.63, 3.8) is 0 Å². The van der Waals surface area contributed by atoms with Crippen molar-refractivity contribution in [1.29, 1.82) is 0 Å². The van der Waals surface area contributed by atoms with Crippen molar-refractivity contribution in [1.82, 2.24) is 9.78 Å². The number of fused-ring (bicyclic) bond motifs is 1. The van der Waals surface area contributed by atoms with E-state index in [0.717, 1.165) is 36.6 Å². The molecular formula is C20H22N4O2. The monoisotopic (exact) mass is 350 g/mol. The van der Waals surface area contributed by atoms with Gasteiger partial charge in [0.1, 0.15) is 0 Å². The van der Waals surface area contributed by atoms with Crippen molar-refractivity contribution in [2.75, 3.05) is 16.8 Å². The van der Waals surface area contributed by atoms with E-state index in [1.807, 2.05) is 29.1 Å². The fraction of sp³-hybridized carbons (Fsp3) is 0.350. The molecule has 0 spiro atoms. The third-order valence-corrected chi connectivity index (χ3v) is 4.97. The molecule has 1 N–H and O–H groups in total. The van der Waals surface area contributed by atoms with Crippen LogP contribution in [0.5, 0.6) is 0 Å². The lowest BCUT2D eigenvalue weighted by Crippen LogP contribution is -2.35. The van der Waals surface area contributed by atoms with E-state index in [-0.39, 0.29) is 11.8 Å². The number of anilines is 2. The third kappa shape index (κ3) is 3.27. The van der Waals surface area contributed by atoms with Crippen LogP contribution < -0.4 is 10.2 Å². The van der Waals surface area contributed by atoms with E-state index in [1.165, 1.54) is 18.9 Å². The number of rotatable bonds is 5. The summed E-state index contributed by atoms with van der Waals surface area (Å²) in [7, 11) is 0. The van der Waals surface area contributed by atoms with Gasteiger partial charge in [-0.05, 0) is 55.4 Å². The minimum absolute atomic E-state index is 0.134. The summed E-state index contributed by atoms with van der Waals surface area (Å²) in [6.07, 6.45) is 9.00. The highest BCUT2D eigenvalue weighted by Gasteiger charge is 2.25. The minimum Gasteiger partial charge on any atom is -0.319 e. The normalized spacial score (nSPS) is 16.1. The first-order chi connectivity index (χ1) is 12.7. The molecule has 1 aromatic carbocycles. The van der Waals surface area contributed by atoms with E-state index in [4.69, 9.17) is 0 Å². The van der Waals surface area contributed by atoms with E-state index < -0.39 is 0 Å². The number of hydrogen-bond donors (Lipinski definition) is 1. The molecule has 0 unspecified atom stereocenters. The fourth-order valence-electron chi connectivity index (χ4n) is 3.47. The van der Waals surface area contributed by atoms with Gasteiger partial charge in [-0.3, -0.25) is 14.3 Å². The summed E-state index contributed by atoms with van der Waals surface area (Å²) in [5.41, 5.74) is 3.03. The maximum Gasteiger partial charge on any atom is 0.256 e. The van der Waals surface area contributed by atoms with Gasteiger partial charge in [0.05, 0.1) is 11.9 Å². The van der Waals surface area contributed by atoms with Crippen LogP contribution in [0.1, 0.15) is 35.2 Å². The first-order valence-electron chi connectivity index (χ1n) is 9.05. The Kier molecular flexibility index (Phi) is 4.32. The van der Waals surface area contributed by atoms with Crippen molar-refractivity contribution < 1.29 is 9.59 Å². The number of amides is 2. The summed E-state index contributed by atoms with van der Waals surface area (Å²) in [6, 6.07) is 5.52. The molecule has 2 heterocycles. The van der Waals surface area contributed by atoms with Gasteiger partial charge in [0, 0.05) is 30.5 Å². The molecule has 1 aliphatic carbocycles. The second-order valence-corrected chi connectivity index (χ2v) is 6.95. The summed E-state index contributed by atoms with van der Waals surface area (Å²) >= 11 is 0. The Bertz CT molecular complexity index is 866. The molecule has 0 atom stereocenters.